The summed E-state index contributed by atoms with van der Waals surface area (Å²) in [6.07, 6.45) is 1.13. The minimum atomic E-state index is -1.03. The molecule has 3 rings (SSSR count). The van der Waals surface area contributed by atoms with Crippen LogP contribution in [0.3, 0.4) is 0 Å². The molecule has 8 nitrogen and oxygen atoms in total. The van der Waals surface area contributed by atoms with Crippen molar-refractivity contribution in [3.05, 3.63) is 53.2 Å². The standard InChI is InChI=1S/C23H27N3O5/c1-23(2,3)31-22(30)26-12-10-14(11-13-26)18-9-8-17(20(24)27)19(25-18)15-4-6-16(7-5-15)21(28)29/h4-9,14H,10-13H2,1-3H3,(H2,24,27)(H,28,29). The number of nitrogens with zero attached hydrogens (tertiary/aromatic N) is 2. The zero-order valence-corrected chi connectivity index (χ0v) is 17.9. The van der Waals surface area contributed by atoms with Crippen molar-refractivity contribution in [1.29, 1.82) is 0 Å². The van der Waals surface area contributed by atoms with Gasteiger partial charge in [0.15, 0.2) is 0 Å². The van der Waals surface area contributed by atoms with E-state index in [1.807, 2.05) is 20.8 Å². The van der Waals surface area contributed by atoms with Crippen molar-refractivity contribution in [3.8, 4) is 11.3 Å². The van der Waals surface area contributed by atoms with Gasteiger partial charge in [0.25, 0.3) is 5.91 Å². The van der Waals surface area contributed by atoms with E-state index in [2.05, 4.69) is 0 Å². The fraction of sp³-hybridized carbons (Fsp3) is 0.391. The summed E-state index contributed by atoms with van der Waals surface area (Å²) >= 11 is 0. The van der Waals surface area contributed by atoms with Gasteiger partial charge in [0.1, 0.15) is 5.60 Å². The van der Waals surface area contributed by atoms with E-state index >= 15 is 0 Å². The van der Waals surface area contributed by atoms with E-state index in [-0.39, 0.29) is 23.1 Å². The van der Waals surface area contributed by atoms with Gasteiger partial charge in [-0.3, -0.25) is 9.78 Å². The number of amides is 2. The summed E-state index contributed by atoms with van der Waals surface area (Å²) in [6, 6.07) is 9.63. The highest BCUT2D eigenvalue weighted by Crippen LogP contribution is 2.31. The van der Waals surface area contributed by atoms with Crippen molar-refractivity contribution in [2.75, 3.05) is 13.1 Å². The van der Waals surface area contributed by atoms with Crippen LogP contribution in [0.1, 0.15) is 65.9 Å². The highest BCUT2D eigenvalue weighted by molar-refractivity contribution is 5.99. The van der Waals surface area contributed by atoms with Crippen LogP contribution in [0.5, 0.6) is 0 Å². The van der Waals surface area contributed by atoms with E-state index in [4.69, 9.17) is 20.6 Å². The van der Waals surface area contributed by atoms with Gasteiger partial charge in [-0.2, -0.15) is 0 Å². The minimum Gasteiger partial charge on any atom is -0.478 e. The SMILES string of the molecule is CC(C)(C)OC(=O)N1CCC(c2ccc(C(N)=O)c(-c3ccc(C(=O)O)cc3)n2)CC1. The third-order valence-electron chi connectivity index (χ3n) is 5.15. The predicted octanol–water partition coefficient (Wildman–Crippen LogP) is 3.66. The highest BCUT2D eigenvalue weighted by atomic mass is 16.6. The molecule has 2 amide bonds. The predicted molar refractivity (Wildman–Crippen MR) is 115 cm³/mol. The summed E-state index contributed by atoms with van der Waals surface area (Å²) in [5.74, 6) is -1.51. The molecule has 164 valence electrons. The number of benzene rings is 1. The molecule has 0 bridgehead atoms. The molecule has 1 aliphatic rings. The molecule has 0 radical (unpaired) electrons. The summed E-state index contributed by atoms with van der Waals surface area (Å²) in [5.41, 5.74) is 7.27. The van der Waals surface area contributed by atoms with Crippen molar-refractivity contribution < 1.29 is 24.2 Å². The number of likely N-dealkylation sites (tertiary alicyclic amines) is 1. The van der Waals surface area contributed by atoms with Gasteiger partial charge in [0, 0.05) is 30.3 Å². The summed E-state index contributed by atoms with van der Waals surface area (Å²) in [7, 11) is 0. The van der Waals surface area contributed by atoms with Crippen LogP contribution in [0, 0.1) is 0 Å². The van der Waals surface area contributed by atoms with E-state index in [1.54, 1.807) is 29.2 Å². The number of primary amides is 1. The second-order valence-electron chi connectivity index (χ2n) is 8.62. The fourth-order valence-corrected chi connectivity index (χ4v) is 3.58. The van der Waals surface area contributed by atoms with Crippen molar-refractivity contribution in [3.63, 3.8) is 0 Å². The third kappa shape index (κ3) is 5.39. The van der Waals surface area contributed by atoms with Crippen LogP contribution in [0.15, 0.2) is 36.4 Å². The minimum absolute atomic E-state index is 0.123. The van der Waals surface area contributed by atoms with E-state index in [0.717, 1.165) is 18.5 Å². The zero-order chi connectivity index (χ0) is 22.8. The molecule has 1 fully saturated rings. The normalized spacial score (nSPS) is 14.9. The molecule has 0 unspecified atom stereocenters. The number of rotatable bonds is 4. The topological polar surface area (TPSA) is 123 Å². The summed E-state index contributed by atoms with van der Waals surface area (Å²) in [5, 5.41) is 9.10. The Kier molecular flexibility index (Phi) is 6.29. The summed E-state index contributed by atoms with van der Waals surface area (Å²) in [4.78, 5) is 41.7. The largest absolute Gasteiger partial charge is 0.478 e. The van der Waals surface area contributed by atoms with Gasteiger partial charge in [0.2, 0.25) is 0 Å². The number of aromatic carboxylic acids is 1. The molecular weight excluding hydrogens is 398 g/mol. The highest BCUT2D eigenvalue weighted by Gasteiger charge is 2.28. The van der Waals surface area contributed by atoms with E-state index in [0.29, 0.717) is 24.3 Å². The number of carboxylic acid groups (broad SMARTS) is 1. The molecule has 0 atom stereocenters. The van der Waals surface area contributed by atoms with Crippen LogP contribution in [-0.4, -0.2) is 51.7 Å². The van der Waals surface area contributed by atoms with Crippen molar-refractivity contribution >= 4 is 18.0 Å². The number of carbonyl (C=O) groups is 3. The first-order valence-electron chi connectivity index (χ1n) is 10.2. The molecule has 0 saturated carbocycles. The van der Waals surface area contributed by atoms with Gasteiger partial charge in [-0.15, -0.1) is 0 Å². The lowest BCUT2D eigenvalue weighted by atomic mass is 9.92. The maximum Gasteiger partial charge on any atom is 0.410 e. The molecular formula is C23H27N3O5. The van der Waals surface area contributed by atoms with Crippen LogP contribution < -0.4 is 5.73 Å². The van der Waals surface area contributed by atoms with E-state index in [9.17, 15) is 14.4 Å². The Balaban J connectivity index is 1.80. The van der Waals surface area contributed by atoms with Gasteiger partial charge < -0.3 is 20.5 Å². The van der Waals surface area contributed by atoms with Gasteiger partial charge in [-0.05, 0) is 57.9 Å². The molecule has 2 heterocycles. The quantitative estimate of drug-likeness (QED) is 0.771. The average molecular weight is 425 g/mol. The van der Waals surface area contributed by atoms with Gasteiger partial charge in [-0.1, -0.05) is 12.1 Å². The van der Waals surface area contributed by atoms with Crippen LogP contribution >= 0.6 is 0 Å². The molecule has 8 heteroatoms. The Morgan fingerprint density at radius 3 is 2.19 bits per heavy atom. The molecule has 1 aromatic carbocycles. The first kappa shape index (κ1) is 22.3. The molecule has 3 N–H and O–H groups in total. The second kappa shape index (κ2) is 8.75. The van der Waals surface area contributed by atoms with Crippen molar-refractivity contribution in [2.45, 2.75) is 45.1 Å². The number of pyridine rings is 1. The van der Waals surface area contributed by atoms with Crippen molar-refractivity contribution in [2.24, 2.45) is 5.73 Å². The molecule has 31 heavy (non-hydrogen) atoms. The van der Waals surface area contributed by atoms with Crippen LogP contribution in [0.4, 0.5) is 4.79 Å². The third-order valence-corrected chi connectivity index (χ3v) is 5.15. The molecule has 1 aliphatic heterocycles. The van der Waals surface area contributed by atoms with Crippen LogP contribution in [0.2, 0.25) is 0 Å². The zero-order valence-electron chi connectivity index (χ0n) is 17.9. The Morgan fingerprint density at radius 1 is 1.06 bits per heavy atom. The van der Waals surface area contributed by atoms with Gasteiger partial charge in [0.05, 0.1) is 16.8 Å². The summed E-state index contributed by atoms with van der Waals surface area (Å²) < 4.78 is 5.44. The summed E-state index contributed by atoms with van der Waals surface area (Å²) in [6.45, 7) is 6.63. The number of nitrogens with two attached hydrogens (primary N) is 1. The molecule has 2 aromatic rings. The number of carbonyl (C=O) groups excluding carboxylic acids is 2. The lowest BCUT2D eigenvalue weighted by molar-refractivity contribution is 0.0203. The Labute approximate surface area is 181 Å². The maximum atomic E-state index is 12.3. The van der Waals surface area contributed by atoms with Gasteiger partial charge in [-0.25, -0.2) is 9.59 Å². The maximum absolute atomic E-state index is 12.3. The van der Waals surface area contributed by atoms with Gasteiger partial charge >= 0.3 is 12.1 Å². The van der Waals surface area contributed by atoms with Crippen molar-refractivity contribution in [1.82, 2.24) is 9.88 Å². The lowest BCUT2D eigenvalue weighted by Crippen LogP contribution is -2.41. The smallest absolute Gasteiger partial charge is 0.410 e. The molecule has 1 aromatic heterocycles. The monoisotopic (exact) mass is 425 g/mol. The lowest BCUT2D eigenvalue weighted by Gasteiger charge is -2.33. The molecule has 0 aliphatic carbocycles. The van der Waals surface area contributed by atoms with E-state index in [1.165, 1.54) is 12.1 Å². The van der Waals surface area contributed by atoms with Crippen LogP contribution in [0.25, 0.3) is 11.3 Å². The second-order valence-corrected chi connectivity index (χ2v) is 8.62. The first-order chi connectivity index (χ1) is 14.5. The van der Waals surface area contributed by atoms with E-state index < -0.39 is 17.5 Å². The molecule has 1 saturated heterocycles. The fourth-order valence-electron chi connectivity index (χ4n) is 3.58. The number of hydrogen-bond acceptors (Lipinski definition) is 5. The number of ether oxygens (including phenoxy) is 1. The number of piperidine rings is 1. The average Bonchev–Trinajstić information content (AvgIpc) is 2.72. The first-order valence-corrected chi connectivity index (χ1v) is 10.2. The Morgan fingerprint density at radius 2 is 1.68 bits per heavy atom. The Hall–Kier alpha value is -3.42. The van der Waals surface area contributed by atoms with Crippen LogP contribution in [-0.2, 0) is 4.74 Å². The number of aromatic nitrogens is 1. The number of carboxylic acids is 1. The number of hydrogen-bond donors (Lipinski definition) is 2. The molecule has 0 spiro atoms. The Bertz CT molecular complexity index is 987.